The maximum atomic E-state index is 13.5. The second-order valence-corrected chi connectivity index (χ2v) is 5.97. The molecule has 0 spiro atoms. The van der Waals surface area contributed by atoms with Gasteiger partial charge < -0.3 is 11.1 Å². The summed E-state index contributed by atoms with van der Waals surface area (Å²) in [7, 11) is 0. The van der Waals surface area contributed by atoms with Crippen molar-refractivity contribution in [1.29, 1.82) is 0 Å². The van der Waals surface area contributed by atoms with Crippen LogP contribution >= 0.6 is 34.8 Å². The zero-order chi connectivity index (χ0) is 15.6. The van der Waals surface area contributed by atoms with Crippen LogP contribution in [-0.4, -0.2) is 10.9 Å². The first-order valence-electron chi connectivity index (χ1n) is 6.06. The molecule has 0 heterocycles. The van der Waals surface area contributed by atoms with E-state index in [0.29, 0.717) is 11.3 Å². The minimum absolute atomic E-state index is 0.0475. The molecule has 108 valence electrons. The van der Waals surface area contributed by atoms with Crippen LogP contribution in [0.1, 0.15) is 21.5 Å². The van der Waals surface area contributed by atoms with E-state index in [1.165, 1.54) is 18.2 Å². The van der Waals surface area contributed by atoms with E-state index in [0.717, 1.165) is 9.13 Å². The number of aryl methyl sites for hydroxylation is 1. The fraction of sp³-hybridized carbons (Fsp3) is 0.0667. The lowest BCUT2D eigenvalue weighted by molar-refractivity contribution is 0.102. The van der Waals surface area contributed by atoms with E-state index in [9.17, 15) is 9.18 Å². The van der Waals surface area contributed by atoms with E-state index < -0.39 is 5.82 Å². The molecule has 0 fully saturated rings. The molecule has 0 atom stereocenters. The molecule has 0 unspecified atom stereocenters. The SMILES string of the molecule is Cc1cccc(C(=O)Nc2ccc(F)c(C(N)=S)c2)c1I. The first kappa shape index (κ1) is 15.8. The fourth-order valence-electron chi connectivity index (χ4n) is 1.81. The molecule has 3 nitrogen and oxygen atoms in total. The summed E-state index contributed by atoms with van der Waals surface area (Å²) in [6.07, 6.45) is 0. The molecule has 2 rings (SSSR count). The van der Waals surface area contributed by atoms with Crippen molar-refractivity contribution in [3.05, 3.63) is 62.5 Å². The smallest absolute Gasteiger partial charge is 0.256 e. The molecule has 0 aliphatic rings. The quantitative estimate of drug-likeness (QED) is 0.596. The number of nitrogens with one attached hydrogen (secondary N) is 1. The Bertz CT molecular complexity index is 734. The second-order valence-electron chi connectivity index (χ2n) is 4.45. The molecule has 0 radical (unpaired) electrons. The van der Waals surface area contributed by atoms with Gasteiger partial charge in [0, 0.05) is 14.8 Å². The normalized spacial score (nSPS) is 10.2. The second kappa shape index (κ2) is 6.48. The van der Waals surface area contributed by atoms with Crippen LogP contribution in [0, 0.1) is 16.3 Å². The highest BCUT2D eigenvalue weighted by molar-refractivity contribution is 14.1. The van der Waals surface area contributed by atoms with Gasteiger partial charge in [-0.15, -0.1) is 0 Å². The maximum absolute atomic E-state index is 13.5. The number of nitrogens with two attached hydrogens (primary N) is 1. The number of thiocarbonyl (C=S) groups is 1. The highest BCUT2D eigenvalue weighted by Crippen LogP contribution is 2.20. The third-order valence-corrected chi connectivity index (χ3v) is 4.58. The van der Waals surface area contributed by atoms with Gasteiger partial charge in [0.15, 0.2) is 0 Å². The van der Waals surface area contributed by atoms with Gasteiger partial charge in [0.2, 0.25) is 0 Å². The van der Waals surface area contributed by atoms with Crippen molar-refractivity contribution in [3.63, 3.8) is 0 Å². The fourth-order valence-corrected chi connectivity index (χ4v) is 2.57. The summed E-state index contributed by atoms with van der Waals surface area (Å²) >= 11 is 6.90. The summed E-state index contributed by atoms with van der Waals surface area (Å²) in [5.74, 6) is -0.769. The van der Waals surface area contributed by atoms with Crippen LogP contribution in [0.4, 0.5) is 10.1 Å². The zero-order valence-electron chi connectivity index (χ0n) is 11.1. The van der Waals surface area contributed by atoms with Crippen LogP contribution in [0.5, 0.6) is 0 Å². The summed E-state index contributed by atoms with van der Waals surface area (Å²) in [6.45, 7) is 1.93. The maximum Gasteiger partial charge on any atom is 0.256 e. The van der Waals surface area contributed by atoms with Gasteiger partial charge >= 0.3 is 0 Å². The molecular formula is C15H12FIN2OS. The molecule has 1 amide bonds. The monoisotopic (exact) mass is 414 g/mol. The van der Waals surface area contributed by atoms with Gasteiger partial charge in [0.05, 0.1) is 5.56 Å². The van der Waals surface area contributed by atoms with E-state index in [1.807, 2.05) is 19.1 Å². The van der Waals surface area contributed by atoms with Crippen molar-refractivity contribution < 1.29 is 9.18 Å². The zero-order valence-corrected chi connectivity index (χ0v) is 14.1. The average Bonchev–Trinajstić information content (AvgIpc) is 2.43. The minimum atomic E-state index is -0.509. The molecule has 2 aromatic rings. The molecule has 6 heteroatoms. The number of halogens is 2. The summed E-state index contributed by atoms with van der Waals surface area (Å²) in [5, 5.41) is 2.72. The van der Waals surface area contributed by atoms with E-state index in [1.54, 1.807) is 6.07 Å². The largest absolute Gasteiger partial charge is 0.389 e. The first-order valence-corrected chi connectivity index (χ1v) is 7.54. The van der Waals surface area contributed by atoms with Gasteiger partial charge in [-0.05, 0) is 59.3 Å². The Kier molecular flexibility index (Phi) is 4.89. The van der Waals surface area contributed by atoms with Gasteiger partial charge in [-0.1, -0.05) is 24.4 Å². The van der Waals surface area contributed by atoms with E-state index in [4.69, 9.17) is 18.0 Å². The van der Waals surface area contributed by atoms with Crippen molar-refractivity contribution in [2.45, 2.75) is 6.92 Å². The number of amides is 1. The van der Waals surface area contributed by atoms with Gasteiger partial charge in [-0.25, -0.2) is 4.39 Å². The van der Waals surface area contributed by atoms with E-state index in [2.05, 4.69) is 27.9 Å². The Morgan fingerprint density at radius 1 is 1.29 bits per heavy atom. The van der Waals surface area contributed by atoms with Gasteiger partial charge in [-0.3, -0.25) is 4.79 Å². The lowest BCUT2D eigenvalue weighted by Gasteiger charge is -2.10. The molecule has 0 saturated heterocycles. The van der Waals surface area contributed by atoms with E-state index in [-0.39, 0.29) is 16.5 Å². The Hall–Kier alpha value is -1.54. The molecule has 0 bridgehead atoms. The highest BCUT2D eigenvalue weighted by Gasteiger charge is 2.13. The minimum Gasteiger partial charge on any atom is -0.389 e. The average molecular weight is 414 g/mol. The van der Waals surface area contributed by atoms with E-state index >= 15 is 0 Å². The van der Waals surface area contributed by atoms with Crippen LogP contribution in [0.2, 0.25) is 0 Å². The number of rotatable bonds is 3. The molecule has 0 aromatic heterocycles. The Morgan fingerprint density at radius 2 is 2.00 bits per heavy atom. The van der Waals surface area contributed by atoms with Crippen molar-refractivity contribution in [3.8, 4) is 0 Å². The number of hydrogen-bond acceptors (Lipinski definition) is 2. The van der Waals surface area contributed by atoms with Gasteiger partial charge in [0.1, 0.15) is 10.8 Å². The molecule has 0 aliphatic heterocycles. The molecule has 0 aliphatic carbocycles. The Morgan fingerprint density at radius 3 is 2.67 bits per heavy atom. The van der Waals surface area contributed by atoms with Crippen molar-refractivity contribution in [1.82, 2.24) is 0 Å². The van der Waals surface area contributed by atoms with Crippen LogP contribution in [0.3, 0.4) is 0 Å². The number of anilines is 1. The summed E-state index contributed by atoms with van der Waals surface area (Å²) in [6, 6.07) is 9.61. The number of benzene rings is 2. The number of hydrogen-bond donors (Lipinski definition) is 2. The van der Waals surface area contributed by atoms with Crippen LogP contribution in [0.25, 0.3) is 0 Å². The highest BCUT2D eigenvalue weighted by atomic mass is 127. The molecule has 21 heavy (non-hydrogen) atoms. The molecule has 3 N–H and O–H groups in total. The van der Waals surface area contributed by atoms with Crippen LogP contribution in [0.15, 0.2) is 36.4 Å². The lowest BCUT2D eigenvalue weighted by atomic mass is 10.1. The number of carbonyl (C=O) groups is 1. The number of carbonyl (C=O) groups excluding carboxylic acids is 1. The third-order valence-electron chi connectivity index (χ3n) is 2.93. The summed E-state index contributed by atoms with van der Waals surface area (Å²) in [4.78, 5) is 12.2. The topological polar surface area (TPSA) is 55.1 Å². The predicted molar refractivity (Wildman–Crippen MR) is 94.1 cm³/mol. The Labute approximate surface area is 140 Å². The lowest BCUT2D eigenvalue weighted by Crippen LogP contribution is -2.16. The molecule has 0 saturated carbocycles. The van der Waals surface area contributed by atoms with Crippen LogP contribution < -0.4 is 11.1 Å². The standard InChI is InChI=1S/C15H12FIN2OS/c1-8-3-2-4-10(13(8)17)15(20)19-9-5-6-12(16)11(7-9)14(18)21/h2-7H,1H3,(H2,18,21)(H,19,20). The van der Waals surface area contributed by atoms with Crippen molar-refractivity contribution in [2.75, 3.05) is 5.32 Å². The predicted octanol–water partition coefficient (Wildman–Crippen LogP) is 3.63. The van der Waals surface area contributed by atoms with Gasteiger partial charge in [0.25, 0.3) is 5.91 Å². The summed E-state index contributed by atoms with van der Waals surface area (Å²) < 4.78 is 14.4. The third kappa shape index (κ3) is 3.56. The Balaban J connectivity index is 2.30. The van der Waals surface area contributed by atoms with Crippen LogP contribution in [-0.2, 0) is 0 Å². The summed E-state index contributed by atoms with van der Waals surface area (Å²) in [5.41, 5.74) is 7.59. The first-order chi connectivity index (χ1) is 9.90. The van der Waals surface area contributed by atoms with Crippen molar-refractivity contribution in [2.24, 2.45) is 5.73 Å². The van der Waals surface area contributed by atoms with Gasteiger partial charge in [-0.2, -0.15) is 0 Å². The molecular weight excluding hydrogens is 402 g/mol. The van der Waals surface area contributed by atoms with Crippen molar-refractivity contribution >= 4 is 51.4 Å². The molecule has 2 aromatic carbocycles.